The molecule has 28 heavy (non-hydrogen) atoms. The zero-order valence-electron chi connectivity index (χ0n) is 15.7. The van der Waals surface area contributed by atoms with Gasteiger partial charge in [-0.15, -0.1) is 0 Å². The SMILES string of the molecule is c1cnn(-c2ccc(Nc3ncc4cnn(C5CCCCCC5)c4n3)cc2)c1. The molecule has 1 aliphatic carbocycles. The molecule has 0 amide bonds. The van der Waals surface area contributed by atoms with E-state index in [1.165, 1.54) is 38.5 Å². The van der Waals surface area contributed by atoms with Crippen molar-refractivity contribution < 1.29 is 0 Å². The highest BCUT2D eigenvalue weighted by molar-refractivity contribution is 5.75. The van der Waals surface area contributed by atoms with Crippen LogP contribution in [0.15, 0.2) is 55.1 Å². The number of aromatic nitrogens is 6. The number of benzene rings is 1. The van der Waals surface area contributed by atoms with Crippen molar-refractivity contribution in [1.82, 2.24) is 29.5 Å². The van der Waals surface area contributed by atoms with Gasteiger partial charge >= 0.3 is 0 Å². The Morgan fingerprint density at radius 1 is 0.929 bits per heavy atom. The predicted molar refractivity (Wildman–Crippen MR) is 109 cm³/mol. The maximum absolute atomic E-state index is 4.77. The van der Waals surface area contributed by atoms with Crippen molar-refractivity contribution >= 4 is 22.7 Å². The standard InChI is InChI=1S/C21H23N7/c1-2-4-7-19(6-3-1)28-20-16(15-24-28)14-22-21(26-20)25-17-8-10-18(11-9-17)27-13-5-12-23-27/h5,8-15,19H,1-4,6-7H2,(H,22,25,26). The Labute approximate surface area is 163 Å². The minimum atomic E-state index is 0.441. The van der Waals surface area contributed by atoms with Crippen molar-refractivity contribution in [2.24, 2.45) is 0 Å². The molecule has 3 heterocycles. The van der Waals surface area contributed by atoms with Gasteiger partial charge in [0.1, 0.15) is 0 Å². The van der Waals surface area contributed by atoms with E-state index in [9.17, 15) is 0 Å². The van der Waals surface area contributed by atoms with Crippen LogP contribution in [0, 0.1) is 0 Å². The molecule has 1 aliphatic rings. The molecule has 0 spiro atoms. The van der Waals surface area contributed by atoms with Crippen molar-refractivity contribution in [3.05, 3.63) is 55.1 Å². The highest BCUT2D eigenvalue weighted by Crippen LogP contribution is 2.29. The lowest BCUT2D eigenvalue weighted by atomic mass is 10.1. The van der Waals surface area contributed by atoms with Crippen molar-refractivity contribution in [3.63, 3.8) is 0 Å². The lowest BCUT2D eigenvalue weighted by Gasteiger charge is -2.15. The van der Waals surface area contributed by atoms with Crippen LogP contribution in [-0.2, 0) is 0 Å². The molecule has 1 saturated carbocycles. The fraction of sp³-hybridized carbons (Fsp3) is 0.333. The van der Waals surface area contributed by atoms with Crippen LogP contribution in [0.4, 0.5) is 11.6 Å². The molecule has 4 aromatic rings. The zero-order chi connectivity index (χ0) is 18.8. The van der Waals surface area contributed by atoms with Crippen molar-refractivity contribution in [2.45, 2.75) is 44.6 Å². The summed E-state index contributed by atoms with van der Waals surface area (Å²) in [4.78, 5) is 9.23. The van der Waals surface area contributed by atoms with Gasteiger partial charge in [0.15, 0.2) is 5.65 Å². The molecule has 0 saturated heterocycles. The Hall–Kier alpha value is -3.22. The summed E-state index contributed by atoms with van der Waals surface area (Å²) in [7, 11) is 0. The van der Waals surface area contributed by atoms with Crippen molar-refractivity contribution in [2.75, 3.05) is 5.32 Å². The Balaban J connectivity index is 1.39. The third-order valence-corrected chi connectivity index (χ3v) is 5.40. The van der Waals surface area contributed by atoms with E-state index in [2.05, 4.69) is 25.2 Å². The summed E-state index contributed by atoms with van der Waals surface area (Å²) in [5.74, 6) is 0.592. The number of hydrogen-bond donors (Lipinski definition) is 1. The van der Waals surface area contributed by atoms with E-state index < -0.39 is 0 Å². The molecule has 0 aliphatic heterocycles. The first-order valence-electron chi connectivity index (χ1n) is 9.94. The smallest absolute Gasteiger partial charge is 0.229 e. The summed E-state index contributed by atoms with van der Waals surface area (Å²) in [6.45, 7) is 0. The van der Waals surface area contributed by atoms with Gasteiger partial charge in [-0.1, -0.05) is 25.7 Å². The largest absolute Gasteiger partial charge is 0.324 e. The first kappa shape index (κ1) is 16.9. The van der Waals surface area contributed by atoms with Crippen LogP contribution < -0.4 is 5.32 Å². The first-order chi connectivity index (χ1) is 13.9. The minimum absolute atomic E-state index is 0.441. The fourth-order valence-electron chi connectivity index (χ4n) is 3.91. The van der Waals surface area contributed by atoms with Gasteiger partial charge in [0.2, 0.25) is 5.95 Å². The lowest BCUT2D eigenvalue weighted by Crippen LogP contribution is -2.11. The monoisotopic (exact) mass is 373 g/mol. The molecule has 7 heteroatoms. The van der Waals surface area contributed by atoms with Crippen LogP contribution in [0.5, 0.6) is 0 Å². The second kappa shape index (κ2) is 7.42. The van der Waals surface area contributed by atoms with Crippen LogP contribution in [-0.4, -0.2) is 29.5 Å². The fourth-order valence-corrected chi connectivity index (χ4v) is 3.91. The molecule has 7 nitrogen and oxygen atoms in total. The van der Waals surface area contributed by atoms with Gasteiger partial charge in [0, 0.05) is 24.3 Å². The molecule has 5 rings (SSSR count). The Morgan fingerprint density at radius 2 is 1.75 bits per heavy atom. The van der Waals surface area contributed by atoms with Gasteiger partial charge in [0.05, 0.1) is 23.3 Å². The van der Waals surface area contributed by atoms with E-state index in [4.69, 9.17) is 4.98 Å². The molecular weight excluding hydrogens is 350 g/mol. The summed E-state index contributed by atoms with van der Waals surface area (Å²) < 4.78 is 3.94. The Morgan fingerprint density at radius 3 is 2.50 bits per heavy atom. The number of anilines is 2. The van der Waals surface area contributed by atoms with Crippen molar-refractivity contribution in [1.29, 1.82) is 0 Å². The summed E-state index contributed by atoms with van der Waals surface area (Å²) >= 11 is 0. The number of nitrogens with zero attached hydrogens (tertiary/aromatic N) is 6. The van der Waals surface area contributed by atoms with Gasteiger partial charge in [-0.2, -0.15) is 15.2 Å². The predicted octanol–water partition coefficient (Wildman–Crippen LogP) is 4.65. The third-order valence-electron chi connectivity index (χ3n) is 5.40. The molecule has 142 valence electrons. The quantitative estimate of drug-likeness (QED) is 0.527. The van der Waals surface area contributed by atoms with E-state index >= 15 is 0 Å². The number of hydrogen-bond acceptors (Lipinski definition) is 5. The molecule has 0 bridgehead atoms. The van der Waals surface area contributed by atoms with Crippen LogP contribution in [0.2, 0.25) is 0 Å². The summed E-state index contributed by atoms with van der Waals surface area (Å²) in [5.41, 5.74) is 2.87. The van der Waals surface area contributed by atoms with Crippen LogP contribution in [0.25, 0.3) is 16.7 Å². The van der Waals surface area contributed by atoms with Gasteiger partial charge in [-0.05, 0) is 43.2 Å². The second-order valence-corrected chi connectivity index (χ2v) is 7.33. The third kappa shape index (κ3) is 3.35. The summed E-state index contributed by atoms with van der Waals surface area (Å²) in [5, 5.41) is 13.2. The van der Waals surface area contributed by atoms with Gasteiger partial charge in [0.25, 0.3) is 0 Å². The highest BCUT2D eigenvalue weighted by atomic mass is 15.3. The van der Waals surface area contributed by atoms with E-state index in [-0.39, 0.29) is 0 Å². The van der Waals surface area contributed by atoms with Gasteiger partial charge in [-0.3, -0.25) is 0 Å². The lowest BCUT2D eigenvalue weighted by molar-refractivity contribution is 0.415. The van der Waals surface area contributed by atoms with Gasteiger partial charge < -0.3 is 5.32 Å². The summed E-state index contributed by atoms with van der Waals surface area (Å²) in [6, 6.07) is 10.4. The Kier molecular flexibility index (Phi) is 4.48. The average Bonchev–Trinajstić information content (AvgIpc) is 3.33. The average molecular weight is 373 g/mol. The van der Waals surface area contributed by atoms with E-state index in [0.717, 1.165) is 22.4 Å². The minimum Gasteiger partial charge on any atom is -0.324 e. The van der Waals surface area contributed by atoms with E-state index in [0.29, 0.717) is 12.0 Å². The molecule has 0 unspecified atom stereocenters. The number of fused-ring (bicyclic) bond motifs is 1. The summed E-state index contributed by atoms with van der Waals surface area (Å²) in [6.07, 6.45) is 15.0. The molecule has 1 fully saturated rings. The maximum Gasteiger partial charge on any atom is 0.229 e. The molecule has 1 N–H and O–H groups in total. The van der Waals surface area contributed by atoms with Crippen LogP contribution >= 0.6 is 0 Å². The second-order valence-electron chi connectivity index (χ2n) is 7.33. The number of nitrogens with one attached hydrogen (secondary N) is 1. The molecule has 3 aromatic heterocycles. The van der Waals surface area contributed by atoms with E-state index in [1.54, 1.807) is 6.20 Å². The molecule has 0 radical (unpaired) electrons. The first-order valence-corrected chi connectivity index (χ1v) is 9.94. The molecular formula is C21H23N7. The normalized spacial score (nSPS) is 15.6. The zero-order valence-corrected chi connectivity index (χ0v) is 15.7. The van der Waals surface area contributed by atoms with Crippen molar-refractivity contribution in [3.8, 4) is 5.69 Å². The molecule has 0 atom stereocenters. The Bertz CT molecular complexity index is 1040. The molecule has 1 aromatic carbocycles. The maximum atomic E-state index is 4.77. The van der Waals surface area contributed by atoms with E-state index in [1.807, 2.05) is 53.6 Å². The number of rotatable bonds is 4. The highest BCUT2D eigenvalue weighted by Gasteiger charge is 2.18. The topological polar surface area (TPSA) is 73.5 Å². The van der Waals surface area contributed by atoms with Gasteiger partial charge in [-0.25, -0.2) is 14.3 Å². The van der Waals surface area contributed by atoms with Crippen LogP contribution in [0.1, 0.15) is 44.6 Å². The van der Waals surface area contributed by atoms with Crippen LogP contribution in [0.3, 0.4) is 0 Å².